The third-order valence-electron chi connectivity index (χ3n) is 2.86. The highest BCUT2D eigenvalue weighted by molar-refractivity contribution is 7.89. The van der Waals surface area contributed by atoms with Crippen LogP contribution in [0.4, 0.5) is 5.95 Å². The third kappa shape index (κ3) is 3.94. The molecule has 0 atom stereocenters. The third-order valence-corrected chi connectivity index (χ3v) is 4.77. The van der Waals surface area contributed by atoms with Crippen molar-refractivity contribution in [2.75, 3.05) is 19.0 Å². The Hall–Kier alpha value is -1.70. The molecular weight excluding hydrogens is 324 g/mol. The molecule has 0 saturated carbocycles. The van der Waals surface area contributed by atoms with Crippen molar-refractivity contribution in [1.29, 1.82) is 0 Å². The van der Waals surface area contributed by atoms with Crippen LogP contribution in [-0.4, -0.2) is 32.5 Å². The Morgan fingerprint density at radius 3 is 2.55 bits per heavy atom. The molecule has 1 heterocycles. The van der Waals surface area contributed by atoms with Gasteiger partial charge in [-0.3, -0.25) is 0 Å². The minimum atomic E-state index is -3.69. The topological polar surface area (TPSA) is 75.2 Å². The molecule has 0 unspecified atom stereocenters. The van der Waals surface area contributed by atoms with Gasteiger partial charge < -0.3 is 4.90 Å². The van der Waals surface area contributed by atoms with Crippen LogP contribution in [-0.2, 0) is 16.6 Å². The summed E-state index contributed by atoms with van der Waals surface area (Å²) >= 11 is 5.93. The molecule has 2 rings (SSSR count). The maximum Gasteiger partial charge on any atom is 0.242 e. The zero-order valence-electron chi connectivity index (χ0n) is 12.5. The minimum Gasteiger partial charge on any atom is -0.347 e. The molecule has 0 aliphatic heterocycles. The van der Waals surface area contributed by atoms with E-state index in [1.54, 1.807) is 23.1 Å². The van der Waals surface area contributed by atoms with E-state index in [2.05, 4.69) is 14.7 Å². The molecule has 0 saturated heterocycles. The summed E-state index contributed by atoms with van der Waals surface area (Å²) in [6, 6.07) is 8.04. The van der Waals surface area contributed by atoms with Crippen molar-refractivity contribution in [3.05, 3.63) is 46.7 Å². The first-order valence-electron chi connectivity index (χ1n) is 6.55. The Morgan fingerprint density at radius 2 is 1.91 bits per heavy atom. The predicted octanol–water partition coefficient (Wildman–Crippen LogP) is 1.98. The number of rotatable bonds is 5. The van der Waals surface area contributed by atoms with Gasteiger partial charge in [-0.05, 0) is 25.1 Å². The minimum absolute atomic E-state index is 0.0512. The van der Waals surface area contributed by atoms with E-state index < -0.39 is 10.0 Å². The summed E-state index contributed by atoms with van der Waals surface area (Å²) in [4.78, 5) is 10.4. The summed E-state index contributed by atoms with van der Waals surface area (Å²) in [5.41, 5.74) is 1.36. The highest BCUT2D eigenvalue weighted by atomic mass is 35.5. The van der Waals surface area contributed by atoms with Gasteiger partial charge in [0, 0.05) is 19.8 Å². The van der Waals surface area contributed by atoms with Gasteiger partial charge in [-0.15, -0.1) is 0 Å². The second kappa shape index (κ2) is 6.60. The van der Waals surface area contributed by atoms with Gasteiger partial charge in [-0.2, -0.15) is 0 Å². The molecule has 0 bridgehead atoms. The molecule has 118 valence electrons. The first kappa shape index (κ1) is 16.7. The SMILES string of the molecule is Cc1cc(CNS(=O)(=O)c2ccccc2Cl)nc(N(C)C)n1. The van der Waals surface area contributed by atoms with E-state index in [1.165, 1.54) is 12.1 Å². The molecule has 2 aromatic rings. The van der Waals surface area contributed by atoms with Crippen LogP contribution in [0.3, 0.4) is 0 Å². The number of aromatic nitrogens is 2. The van der Waals surface area contributed by atoms with Crippen molar-refractivity contribution >= 4 is 27.6 Å². The lowest BCUT2D eigenvalue weighted by Crippen LogP contribution is -2.25. The molecular formula is C14H17ClN4O2S. The average molecular weight is 341 g/mol. The van der Waals surface area contributed by atoms with Gasteiger partial charge in [0.15, 0.2) is 0 Å². The van der Waals surface area contributed by atoms with Crippen molar-refractivity contribution in [3.63, 3.8) is 0 Å². The Kier molecular flexibility index (Phi) is 5.00. The highest BCUT2D eigenvalue weighted by Crippen LogP contribution is 2.20. The number of anilines is 1. The van der Waals surface area contributed by atoms with Gasteiger partial charge in [-0.25, -0.2) is 23.1 Å². The molecule has 0 fully saturated rings. The summed E-state index contributed by atoms with van der Waals surface area (Å²) < 4.78 is 27.1. The van der Waals surface area contributed by atoms with E-state index in [9.17, 15) is 8.42 Å². The molecule has 8 heteroatoms. The lowest BCUT2D eigenvalue weighted by molar-refractivity contribution is 0.580. The number of hydrogen-bond donors (Lipinski definition) is 1. The van der Waals surface area contributed by atoms with Crippen LogP contribution in [0.5, 0.6) is 0 Å². The molecule has 0 spiro atoms. The molecule has 22 heavy (non-hydrogen) atoms. The summed E-state index contributed by atoms with van der Waals surface area (Å²) in [7, 11) is -0.0393. The van der Waals surface area contributed by atoms with E-state index in [0.29, 0.717) is 11.6 Å². The molecule has 1 N–H and O–H groups in total. The molecule has 1 aromatic heterocycles. The zero-order valence-corrected chi connectivity index (χ0v) is 14.1. The fourth-order valence-corrected chi connectivity index (χ4v) is 3.33. The largest absolute Gasteiger partial charge is 0.347 e. The summed E-state index contributed by atoms with van der Waals surface area (Å²) in [5.74, 6) is 0.534. The molecule has 0 radical (unpaired) electrons. The van der Waals surface area contributed by atoms with E-state index in [0.717, 1.165) is 5.69 Å². The van der Waals surface area contributed by atoms with E-state index >= 15 is 0 Å². The van der Waals surface area contributed by atoms with Crippen LogP contribution in [0.2, 0.25) is 5.02 Å². The molecule has 0 aliphatic rings. The Labute approximate surface area is 135 Å². The number of sulfonamides is 1. The number of hydrogen-bond acceptors (Lipinski definition) is 5. The predicted molar refractivity (Wildman–Crippen MR) is 86.6 cm³/mol. The van der Waals surface area contributed by atoms with Crippen molar-refractivity contribution < 1.29 is 8.42 Å². The molecule has 1 aromatic carbocycles. The average Bonchev–Trinajstić information content (AvgIpc) is 2.45. The van der Waals surface area contributed by atoms with E-state index in [4.69, 9.17) is 11.6 Å². The molecule has 6 nitrogen and oxygen atoms in total. The normalized spacial score (nSPS) is 11.5. The quantitative estimate of drug-likeness (QED) is 0.900. The van der Waals surface area contributed by atoms with Crippen LogP contribution in [0.1, 0.15) is 11.4 Å². The maximum atomic E-state index is 12.3. The fraction of sp³-hybridized carbons (Fsp3) is 0.286. The van der Waals surface area contributed by atoms with Crippen LogP contribution in [0.15, 0.2) is 35.2 Å². The smallest absolute Gasteiger partial charge is 0.242 e. The number of halogens is 1. The van der Waals surface area contributed by atoms with Crippen LogP contribution >= 0.6 is 11.6 Å². The maximum absolute atomic E-state index is 12.3. The number of nitrogens with zero attached hydrogens (tertiary/aromatic N) is 3. The van der Waals surface area contributed by atoms with Gasteiger partial charge in [0.2, 0.25) is 16.0 Å². The summed E-state index contributed by atoms with van der Waals surface area (Å²) in [6.07, 6.45) is 0. The van der Waals surface area contributed by atoms with Gasteiger partial charge in [0.05, 0.1) is 17.3 Å². The van der Waals surface area contributed by atoms with Gasteiger partial charge in [-0.1, -0.05) is 23.7 Å². The van der Waals surface area contributed by atoms with Gasteiger partial charge >= 0.3 is 0 Å². The van der Waals surface area contributed by atoms with E-state index in [-0.39, 0.29) is 16.5 Å². The Bertz CT molecular complexity index is 778. The number of benzene rings is 1. The molecule has 0 aliphatic carbocycles. The van der Waals surface area contributed by atoms with Gasteiger partial charge in [0.1, 0.15) is 4.90 Å². The second-order valence-electron chi connectivity index (χ2n) is 4.95. The lowest BCUT2D eigenvalue weighted by atomic mass is 10.3. The van der Waals surface area contributed by atoms with E-state index in [1.807, 2.05) is 21.0 Å². The first-order chi connectivity index (χ1) is 10.3. The monoisotopic (exact) mass is 340 g/mol. The summed E-state index contributed by atoms with van der Waals surface area (Å²) in [5, 5.41) is 0.183. The van der Waals surface area contributed by atoms with Crippen molar-refractivity contribution in [3.8, 4) is 0 Å². The number of aryl methyl sites for hydroxylation is 1. The fourth-order valence-electron chi connectivity index (χ4n) is 1.82. The van der Waals surface area contributed by atoms with Crippen LogP contribution in [0.25, 0.3) is 0 Å². The first-order valence-corrected chi connectivity index (χ1v) is 8.42. The standard InChI is InChI=1S/C14H17ClN4O2S/c1-10-8-11(18-14(17-10)19(2)3)9-16-22(20,21)13-7-5-4-6-12(13)15/h4-8,16H,9H2,1-3H3. The number of nitrogens with one attached hydrogen (secondary N) is 1. The zero-order chi connectivity index (χ0) is 16.3. The summed E-state index contributed by atoms with van der Waals surface area (Å²) in [6.45, 7) is 1.90. The van der Waals surface area contributed by atoms with Gasteiger partial charge in [0.25, 0.3) is 0 Å². The highest BCUT2D eigenvalue weighted by Gasteiger charge is 2.17. The van der Waals surface area contributed by atoms with Crippen LogP contribution < -0.4 is 9.62 Å². The Morgan fingerprint density at radius 1 is 1.23 bits per heavy atom. The molecule has 0 amide bonds. The second-order valence-corrected chi connectivity index (χ2v) is 7.09. The van der Waals surface area contributed by atoms with Crippen molar-refractivity contribution in [2.24, 2.45) is 0 Å². The van der Waals surface area contributed by atoms with Crippen molar-refractivity contribution in [2.45, 2.75) is 18.4 Å². The lowest BCUT2D eigenvalue weighted by Gasteiger charge is -2.13. The van der Waals surface area contributed by atoms with Crippen molar-refractivity contribution in [1.82, 2.24) is 14.7 Å². The van der Waals surface area contributed by atoms with Crippen LogP contribution in [0, 0.1) is 6.92 Å². The Balaban J connectivity index is 2.21.